The predicted molar refractivity (Wildman–Crippen MR) is 94.4 cm³/mol. The first-order chi connectivity index (χ1) is 12.2. The molecule has 1 amide bonds. The van der Waals surface area contributed by atoms with Crippen LogP contribution in [-0.2, 0) is 0 Å². The third-order valence-electron chi connectivity index (χ3n) is 4.38. The monoisotopic (exact) mass is 353 g/mol. The fraction of sp³-hybridized carbons (Fsp3) is 0.211. The Kier molecular flexibility index (Phi) is 4.24. The first-order valence-electron chi connectivity index (χ1n) is 8.14. The number of carbonyl (C=O) groups is 1. The standard InChI is InChI=1S/C19H16ClN3O2/c20-16-8-6-13(7-9-16)17-21-22-18(25-17)15-10-11-23(12-15)19(24)14-4-2-1-3-5-14/h1-9,15H,10-12H2/t15-/m0/s1. The number of nitrogens with zero attached hydrogens (tertiary/aromatic N) is 3. The Balaban J connectivity index is 1.47. The zero-order chi connectivity index (χ0) is 17.2. The van der Waals surface area contributed by atoms with Gasteiger partial charge in [0.25, 0.3) is 5.91 Å². The molecule has 0 N–H and O–H groups in total. The maximum Gasteiger partial charge on any atom is 0.253 e. The molecule has 25 heavy (non-hydrogen) atoms. The highest BCUT2D eigenvalue weighted by molar-refractivity contribution is 6.30. The van der Waals surface area contributed by atoms with Gasteiger partial charge in [-0.3, -0.25) is 4.79 Å². The van der Waals surface area contributed by atoms with E-state index in [1.165, 1.54) is 0 Å². The average molecular weight is 354 g/mol. The molecule has 1 aromatic heterocycles. The van der Waals surface area contributed by atoms with Crippen molar-refractivity contribution in [3.63, 3.8) is 0 Å². The van der Waals surface area contributed by atoms with Crippen LogP contribution in [0.4, 0.5) is 0 Å². The molecule has 1 fully saturated rings. The van der Waals surface area contributed by atoms with E-state index >= 15 is 0 Å². The fourth-order valence-corrected chi connectivity index (χ4v) is 3.14. The summed E-state index contributed by atoms with van der Waals surface area (Å²) in [7, 11) is 0. The molecule has 4 rings (SSSR count). The van der Waals surface area contributed by atoms with Crippen LogP contribution >= 0.6 is 11.6 Å². The molecular weight excluding hydrogens is 338 g/mol. The molecular formula is C19H16ClN3O2. The van der Waals surface area contributed by atoms with Crippen molar-refractivity contribution in [2.75, 3.05) is 13.1 Å². The average Bonchev–Trinajstić information content (AvgIpc) is 3.32. The number of hydrogen-bond acceptors (Lipinski definition) is 4. The van der Waals surface area contributed by atoms with Crippen LogP contribution in [0.2, 0.25) is 5.02 Å². The highest BCUT2D eigenvalue weighted by Crippen LogP contribution is 2.29. The van der Waals surface area contributed by atoms with Gasteiger partial charge in [0.05, 0.1) is 5.92 Å². The van der Waals surface area contributed by atoms with Gasteiger partial charge in [0, 0.05) is 29.2 Å². The molecule has 0 radical (unpaired) electrons. The number of hydrogen-bond donors (Lipinski definition) is 0. The third kappa shape index (κ3) is 3.28. The van der Waals surface area contributed by atoms with Gasteiger partial charge in [-0.15, -0.1) is 10.2 Å². The Morgan fingerprint density at radius 3 is 2.60 bits per heavy atom. The van der Waals surface area contributed by atoms with Gasteiger partial charge in [0.15, 0.2) is 0 Å². The Bertz CT molecular complexity index is 877. The van der Waals surface area contributed by atoms with E-state index in [-0.39, 0.29) is 11.8 Å². The minimum atomic E-state index is 0.0422. The highest BCUT2D eigenvalue weighted by atomic mass is 35.5. The van der Waals surface area contributed by atoms with Crippen LogP contribution < -0.4 is 0 Å². The summed E-state index contributed by atoms with van der Waals surface area (Å²) in [6, 6.07) is 16.6. The van der Waals surface area contributed by atoms with Gasteiger partial charge in [-0.25, -0.2) is 0 Å². The number of amides is 1. The molecule has 1 atom stereocenters. The molecule has 5 nitrogen and oxygen atoms in total. The first kappa shape index (κ1) is 15.8. The lowest BCUT2D eigenvalue weighted by Crippen LogP contribution is -2.28. The lowest BCUT2D eigenvalue weighted by Gasteiger charge is -2.15. The molecule has 1 aliphatic rings. The van der Waals surface area contributed by atoms with E-state index in [0.717, 1.165) is 12.0 Å². The van der Waals surface area contributed by atoms with Crippen LogP contribution in [0.3, 0.4) is 0 Å². The Morgan fingerprint density at radius 2 is 1.84 bits per heavy atom. The van der Waals surface area contributed by atoms with Gasteiger partial charge in [0.1, 0.15) is 0 Å². The molecule has 1 saturated heterocycles. The summed E-state index contributed by atoms with van der Waals surface area (Å²) in [4.78, 5) is 14.4. The van der Waals surface area contributed by atoms with Gasteiger partial charge < -0.3 is 9.32 Å². The van der Waals surface area contributed by atoms with Crippen molar-refractivity contribution in [2.24, 2.45) is 0 Å². The van der Waals surface area contributed by atoms with E-state index < -0.39 is 0 Å². The summed E-state index contributed by atoms with van der Waals surface area (Å²) >= 11 is 5.90. The van der Waals surface area contributed by atoms with Gasteiger partial charge in [0.2, 0.25) is 11.8 Å². The third-order valence-corrected chi connectivity index (χ3v) is 4.63. The van der Waals surface area contributed by atoms with Crippen LogP contribution in [0, 0.1) is 0 Å². The molecule has 2 heterocycles. The van der Waals surface area contributed by atoms with E-state index in [1.54, 1.807) is 12.1 Å². The topological polar surface area (TPSA) is 59.2 Å². The molecule has 1 aliphatic heterocycles. The quantitative estimate of drug-likeness (QED) is 0.713. The van der Waals surface area contributed by atoms with Gasteiger partial charge in [-0.2, -0.15) is 0 Å². The Labute approximate surface area is 150 Å². The van der Waals surface area contributed by atoms with Crippen molar-refractivity contribution in [3.05, 3.63) is 71.1 Å². The van der Waals surface area contributed by atoms with Crippen molar-refractivity contribution in [3.8, 4) is 11.5 Å². The van der Waals surface area contributed by atoms with E-state index in [0.29, 0.717) is 35.5 Å². The van der Waals surface area contributed by atoms with Crippen LogP contribution in [-0.4, -0.2) is 34.1 Å². The zero-order valence-corrected chi connectivity index (χ0v) is 14.2. The first-order valence-corrected chi connectivity index (χ1v) is 8.52. The van der Waals surface area contributed by atoms with Crippen LogP contribution in [0.5, 0.6) is 0 Å². The largest absolute Gasteiger partial charge is 0.420 e. The Morgan fingerprint density at radius 1 is 1.08 bits per heavy atom. The predicted octanol–water partition coefficient (Wildman–Crippen LogP) is 4.02. The minimum absolute atomic E-state index is 0.0422. The second-order valence-electron chi connectivity index (χ2n) is 6.06. The molecule has 0 bridgehead atoms. The van der Waals surface area contributed by atoms with E-state index in [2.05, 4.69) is 10.2 Å². The molecule has 2 aromatic carbocycles. The van der Waals surface area contributed by atoms with Crippen molar-refractivity contribution in [2.45, 2.75) is 12.3 Å². The molecule has 6 heteroatoms. The molecule has 0 spiro atoms. The molecule has 3 aromatic rings. The smallest absolute Gasteiger partial charge is 0.253 e. The number of carbonyl (C=O) groups excluding carboxylic acids is 1. The normalized spacial score (nSPS) is 17.0. The fourth-order valence-electron chi connectivity index (χ4n) is 3.02. The van der Waals surface area contributed by atoms with Gasteiger partial charge >= 0.3 is 0 Å². The molecule has 0 saturated carbocycles. The number of benzene rings is 2. The summed E-state index contributed by atoms with van der Waals surface area (Å²) in [5.41, 5.74) is 1.54. The highest BCUT2D eigenvalue weighted by Gasteiger charge is 2.31. The second-order valence-corrected chi connectivity index (χ2v) is 6.49. The minimum Gasteiger partial charge on any atom is -0.420 e. The van der Waals surface area contributed by atoms with E-state index in [9.17, 15) is 4.79 Å². The lowest BCUT2D eigenvalue weighted by atomic mass is 10.1. The molecule has 126 valence electrons. The second kappa shape index (κ2) is 6.69. The molecule has 0 aliphatic carbocycles. The summed E-state index contributed by atoms with van der Waals surface area (Å²) in [5.74, 6) is 1.16. The lowest BCUT2D eigenvalue weighted by molar-refractivity contribution is 0.0790. The van der Waals surface area contributed by atoms with Crippen molar-refractivity contribution in [1.29, 1.82) is 0 Å². The summed E-state index contributed by atoms with van der Waals surface area (Å²) in [6.07, 6.45) is 0.820. The zero-order valence-electron chi connectivity index (χ0n) is 13.4. The van der Waals surface area contributed by atoms with Gasteiger partial charge in [-0.05, 0) is 42.8 Å². The van der Waals surface area contributed by atoms with E-state index in [1.807, 2.05) is 47.4 Å². The van der Waals surface area contributed by atoms with Crippen LogP contribution in [0.25, 0.3) is 11.5 Å². The summed E-state index contributed by atoms with van der Waals surface area (Å²) < 4.78 is 5.82. The van der Waals surface area contributed by atoms with Crippen molar-refractivity contribution in [1.82, 2.24) is 15.1 Å². The number of rotatable bonds is 3. The number of likely N-dealkylation sites (tertiary alicyclic amines) is 1. The maximum atomic E-state index is 12.5. The van der Waals surface area contributed by atoms with Crippen molar-refractivity contribution < 1.29 is 9.21 Å². The number of halogens is 1. The van der Waals surface area contributed by atoms with Crippen LogP contribution in [0.15, 0.2) is 59.0 Å². The summed E-state index contributed by atoms with van der Waals surface area (Å²) in [5, 5.41) is 8.96. The van der Waals surface area contributed by atoms with Crippen molar-refractivity contribution >= 4 is 17.5 Å². The number of aromatic nitrogens is 2. The Hall–Kier alpha value is -2.66. The van der Waals surface area contributed by atoms with Gasteiger partial charge in [-0.1, -0.05) is 29.8 Å². The maximum absolute atomic E-state index is 12.5. The van der Waals surface area contributed by atoms with Crippen LogP contribution in [0.1, 0.15) is 28.6 Å². The SMILES string of the molecule is O=C(c1ccccc1)N1CC[C@H](c2nnc(-c3ccc(Cl)cc3)o2)C1. The van der Waals surface area contributed by atoms with E-state index in [4.69, 9.17) is 16.0 Å². The summed E-state index contributed by atoms with van der Waals surface area (Å²) in [6.45, 7) is 1.28. The molecule has 0 unspecified atom stereocenters.